The van der Waals surface area contributed by atoms with E-state index in [1.165, 1.54) is 10.9 Å². The summed E-state index contributed by atoms with van der Waals surface area (Å²) in [5.41, 5.74) is -0.0850. The molecule has 2 heterocycles. The third kappa shape index (κ3) is 3.62. The van der Waals surface area contributed by atoms with Crippen LogP contribution in [0.4, 0.5) is 5.69 Å². The minimum Gasteiger partial charge on any atom is -0.390 e. The molecule has 0 saturated carbocycles. The van der Waals surface area contributed by atoms with Crippen molar-refractivity contribution < 1.29 is 10.0 Å². The third-order valence-corrected chi connectivity index (χ3v) is 2.81. The van der Waals surface area contributed by atoms with Crippen LogP contribution in [0.25, 0.3) is 0 Å². The first-order valence-corrected chi connectivity index (χ1v) is 6.08. The third-order valence-electron chi connectivity index (χ3n) is 2.81. The Hall–Kier alpha value is -2.26. The van der Waals surface area contributed by atoms with Crippen LogP contribution in [-0.2, 0) is 20.1 Å². The van der Waals surface area contributed by atoms with E-state index in [1.807, 2.05) is 17.8 Å². The highest BCUT2D eigenvalue weighted by Gasteiger charge is 2.11. The van der Waals surface area contributed by atoms with Gasteiger partial charge in [0.1, 0.15) is 18.2 Å². The number of hydrogen-bond donors (Lipinski definition) is 2. The summed E-state index contributed by atoms with van der Waals surface area (Å²) < 4.78 is 3.24. The Balaban J connectivity index is 1.76. The molecule has 0 spiro atoms. The molecule has 108 valence electrons. The minimum atomic E-state index is -0.685. The van der Waals surface area contributed by atoms with Crippen molar-refractivity contribution in [2.24, 2.45) is 7.05 Å². The minimum absolute atomic E-state index is 0.0850. The standard InChI is InChI=1S/C11H16N6O3/c1-15-3-2-13-11(15)6-12-5-10(18)8-16-7-9(4-14-16)17(19)20/h2-4,7,10,12,18H,5-6,8H2,1H3. The maximum atomic E-state index is 10.5. The maximum Gasteiger partial charge on any atom is 0.306 e. The molecule has 2 aromatic heterocycles. The average molecular weight is 280 g/mol. The summed E-state index contributed by atoms with van der Waals surface area (Å²) in [5, 5.41) is 27.2. The van der Waals surface area contributed by atoms with E-state index in [0.717, 1.165) is 12.0 Å². The molecule has 1 atom stereocenters. The normalized spacial score (nSPS) is 12.5. The van der Waals surface area contributed by atoms with E-state index >= 15 is 0 Å². The smallest absolute Gasteiger partial charge is 0.306 e. The molecule has 0 aliphatic rings. The predicted octanol–water partition coefficient (Wildman–Crippen LogP) is -0.325. The van der Waals surface area contributed by atoms with Crippen LogP contribution in [-0.4, -0.2) is 42.0 Å². The molecule has 0 saturated heterocycles. The number of hydrogen-bond acceptors (Lipinski definition) is 6. The molecule has 0 radical (unpaired) electrons. The fourth-order valence-corrected chi connectivity index (χ4v) is 1.74. The lowest BCUT2D eigenvalue weighted by Gasteiger charge is -2.11. The van der Waals surface area contributed by atoms with Crippen molar-refractivity contribution in [3.63, 3.8) is 0 Å². The first-order chi connectivity index (χ1) is 9.56. The Kier molecular flexibility index (Phi) is 4.43. The molecule has 9 heteroatoms. The van der Waals surface area contributed by atoms with Crippen molar-refractivity contribution in [2.75, 3.05) is 6.54 Å². The number of aryl methyl sites for hydroxylation is 1. The number of aliphatic hydroxyl groups excluding tert-OH is 1. The molecule has 0 aromatic carbocycles. The van der Waals surface area contributed by atoms with Gasteiger partial charge in [0.2, 0.25) is 0 Å². The van der Waals surface area contributed by atoms with Gasteiger partial charge in [-0.05, 0) is 0 Å². The Morgan fingerprint density at radius 2 is 2.40 bits per heavy atom. The van der Waals surface area contributed by atoms with Crippen molar-refractivity contribution >= 4 is 5.69 Å². The van der Waals surface area contributed by atoms with Crippen LogP contribution < -0.4 is 5.32 Å². The zero-order valence-corrected chi connectivity index (χ0v) is 11.0. The van der Waals surface area contributed by atoms with Gasteiger partial charge in [0.05, 0.1) is 24.1 Å². The van der Waals surface area contributed by atoms with Gasteiger partial charge in [0.15, 0.2) is 0 Å². The molecule has 2 aromatic rings. The van der Waals surface area contributed by atoms with Crippen LogP contribution in [0.3, 0.4) is 0 Å². The van der Waals surface area contributed by atoms with Gasteiger partial charge in [-0.1, -0.05) is 0 Å². The Bertz CT molecular complexity index is 578. The van der Waals surface area contributed by atoms with E-state index in [-0.39, 0.29) is 12.2 Å². The first kappa shape index (κ1) is 14.2. The lowest BCUT2D eigenvalue weighted by atomic mass is 10.3. The molecule has 2 rings (SSSR count). The van der Waals surface area contributed by atoms with Gasteiger partial charge in [-0.15, -0.1) is 0 Å². The first-order valence-electron chi connectivity index (χ1n) is 6.08. The van der Waals surface area contributed by atoms with Gasteiger partial charge in [-0.2, -0.15) is 5.10 Å². The zero-order chi connectivity index (χ0) is 14.5. The molecule has 0 amide bonds. The molecular weight excluding hydrogens is 264 g/mol. The Morgan fingerprint density at radius 1 is 1.60 bits per heavy atom. The number of aliphatic hydroxyl groups is 1. The van der Waals surface area contributed by atoms with E-state index < -0.39 is 11.0 Å². The fourth-order valence-electron chi connectivity index (χ4n) is 1.74. The summed E-state index contributed by atoms with van der Waals surface area (Å²) in [7, 11) is 1.89. The van der Waals surface area contributed by atoms with Gasteiger partial charge >= 0.3 is 5.69 Å². The summed E-state index contributed by atoms with van der Waals surface area (Å²) in [6, 6.07) is 0. The van der Waals surface area contributed by atoms with Gasteiger partial charge in [0.25, 0.3) is 0 Å². The number of nitrogens with one attached hydrogen (secondary N) is 1. The summed E-state index contributed by atoms with van der Waals surface area (Å²) in [6.07, 6.45) is 5.32. The van der Waals surface area contributed by atoms with Gasteiger partial charge < -0.3 is 15.0 Å². The largest absolute Gasteiger partial charge is 0.390 e. The second-order valence-corrected chi connectivity index (χ2v) is 4.42. The molecule has 0 aliphatic carbocycles. The zero-order valence-electron chi connectivity index (χ0n) is 11.0. The summed E-state index contributed by atoms with van der Waals surface area (Å²) in [5.74, 6) is 0.868. The molecule has 0 bridgehead atoms. The van der Waals surface area contributed by atoms with E-state index in [0.29, 0.717) is 13.1 Å². The highest BCUT2D eigenvalue weighted by Crippen LogP contribution is 2.07. The molecule has 1 unspecified atom stereocenters. The lowest BCUT2D eigenvalue weighted by molar-refractivity contribution is -0.385. The van der Waals surface area contributed by atoms with Crippen LogP contribution in [0.1, 0.15) is 5.82 Å². The second-order valence-electron chi connectivity index (χ2n) is 4.42. The summed E-state index contributed by atoms with van der Waals surface area (Å²) in [6.45, 7) is 1.09. The van der Waals surface area contributed by atoms with Crippen molar-refractivity contribution in [3.8, 4) is 0 Å². The number of aromatic nitrogens is 4. The maximum absolute atomic E-state index is 10.5. The monoisotopic (exact) mass is 280 g/mol. The SMILES string of the molecule is Cn1ccnc1CNCC(O)Cn1cc([N+](=O)[O-])cn1. The van der Waals surface area contributed by atoms with E-state index in [9.17, 15) is 15.2 Å². The van der Waals surface area contributed by atoms with Gasteiger partial charge in [-0.25, -0.2) is 4.98 Å². The van der Waals surface area contributed by atoms with Crippen LogP contribution in [0, 0.1) is 10.1 Å². The number of imidazole rings is 1. The Labute approximate surface area is 115 Å². The average Bonchev–Trinajstić information content (AvgIpc) is 2.99. The Morgan fingerprint density at radius 3 is 3.00 bits per heavy atom. The fraction of sp³-hybridized carbons (Fsp3) is 0.455. The molecule has 9 nitrogen and oxygen atoms in total. The molecule has 0 aliphatic heterocycles. The molecule has 0 fully saturated rings. The summed E-state index contributed by atoms with van der Waals surface area (Å²) >= 11 is 0. The number of nitro groups is 1. The van der Waals surface area contributed by atoms with Gasteiger partial charge in [-0.3, -0.25) is 14.8 Å². The topological polar surface area (TPSA) is 111 Å². The molecule has 2 N–H and O–H groups in total. The van der Waals surface area contributed by atoms with E-state index in [1.54, 1.807) is 6.20 Å². The van der Waals surface area contributed by atoms with E-state index in [4.69, 9.17) is 0 Å². The van der Waals surface area contributed by atoms with Crippen molar-refractivity contribution in [1.29, 1.82) is 0 Å². The van der Waals surface area contributed by atoms with Gasteiger partial charge in [0, 0.05) is 26.0 Å². The quantitative estimate of drug-likeness (QED) is 0.531. The second kappa shape index (κ2) is 6.26. The van der Waals surface area contributed by atoms with Crippen LogP contribution >= 0.6 is 0 Å². The van der Waals surface area contributed by atoms with Crippen molar-refractivity contribution in [2.45, 2.75) is 19.2 Å². The predicted molar refractivity (Wildman–Crippen MR) is 69.8 cm³/mol. The lowest BCUT2D eigenvalue weighted by Crippen LogP contribution is -2.30. The highest BCUT2D eigenvalue weighted by molar-refractivity contribution is 5.20. The van der Waals surface area contributed by atoms with Crippen molar-refractivity contribution in [1.82, 2.24) is 24.6 Å². The van der Waals surface area contributed by atoms with Crippen LogP contribution in [0.5, 0.6) is 0 Å². The molecular formula is C11H16N6O3. The van der Waals surface area contributed by atoms with Crippen LogP contribution in [0.15, 0.2) is 24.8 Å². The van der Waals surface area contributed by atoms with Crippen LogP contribution in [0.2, 0.25) is 0 Å². The molecule has 20 heavy (non-hydrogen) atoms. The summed E-state index contributed by atoms with van der Waals surface area (Å²) in [4.78, 5) is 14.1. The number of nitrogens with zero attached hydrogens (tertiary/aromatic N) is 5. The van der Waals surface area contributed by atoms with E-state index in [2.05, 4.69) is 15.4 Å². The van der Waals surface area contributed by atoms with Crippen molar-refractivity contribution in [3.05, 3.63) is 40.7 Å². The number of rotatable bonds is 7. The highest BCUT2D eigenvalue weighted by atomic mass is 16.6.